The van der Waals surface area contributed by atoms with Crippen LogP contribution in [0.15, 0.2) is 16.6 Å². The van der Waals surface area contributed by atoms with Crippen LogP contribution in [0.5, 0.6) is 0 Å². The van der Waals surface area contributed by atoms with Gasteiger partial charge < -0.3 is 11.1 Å². The van der Waals surface area contributed by atoms with Gasteiger partial charge in [-0.2, -0.15) is 0 Å². The molecule has 0 saturated carbocycles. The first kappa shape index (κ1) is 15.0. The number of nitrogens with one attached hydrogen (secondary N) is 1. The normalized spacial score (nSPS) is 10.6. The third-order valence-electron chi connectivity index (χ3n) is 2.47. The summed E-state index contributed by atoms with van der Waals surface area (Å²) in [5.74, 6) is -1.49. The zero-order valence-corrected chi connectivity index (χ0v) is 11.4. The summed E-state index contributed by atoms with van der Waals surface area (Å²) in [4.78, 5) is 10.5. The summed E-state index contributed by atoms with van der Waals surface area (Å²) in [6, 6.07) is 2.55. The van der Waals surface area contributed by atoms with Crippen molar-refractivity contribution in [2.45, 2.75) is 25.8 Å². The summed E-state index contributed by atoms with van der Waals surface area (Å²) >= 11 is 3.01. The SMILES string of the molecule is NC(=O)CCCCNCc1c(F)ccc(Br)c1F. The van der Waals surface area contributed by atoms with Gasteiger partial charge in [0.1, 0.15) is 11.6 Å². The molecule has 1 amide bonds. The van der Waals surface area contributed by atoms with E-state index in [1.165, 1.54) is 12.1 Å². The predicted molar refractivity (Wildman–Crippen MR) is 68.8 cm³/mol. The summed E-state index contributed by atoms with van der Waals surface area (Å²) in [6.07, 6.45) is 1.74. The van der Waals surface area contributed by atoms with Crippen LogP contribution in [0.25, 0.3) is 0 Å². The highest BCUT2D eigenvalue weighted by atomic mass is 79.9. The average Bonchev–Trinajstić information content (AvgIpc) is 2.32. The quantitative estimate of drug-likeness (QED) is 0.599. The maximum atomic E-state index is 13.6. The third-order valence-corrected chi connectivity index (χ3v) is 3.08. The van der Waals surface area contributed by atoms with Gasteiger partial charge in [-0.1, -0.05) is 0 Å². The van der Waals surface area contributed by atoms with E-state index in [1.807, 2.05) is 0 Å². The van der Waals surface area contributed by atoms with Crippen LogP contribution in [0.3, 0.4) is 0 Å². The van der Waals surface area contributed by atoms with E-state index in [0.717, 1.165) is 6.42 Å². The molecule has 1 aromatic rings. The van der Waals surface area contributed by atoms with Gasteiger partial charge in [0.2, 0.25) is 5.91 Å². The van der Waals surface area contributed by atoms with Crippen molar-refractivity contribution in [2.24, 2.45) is 5.73 Å². The number of carbonyl (C=O) groups is 1. The molecular weight excluding hydrogens is 306 g/mol. The van der Waals surface area contributed by atoms with E-state index in [-0.39, 0.29) is 22.5 Å². The Kier molecular flexibility index (Phi) is 6.21. The summed E-state index contributed by atoms with van der Waals surface area (Å²) in [7, 11) is 0. The summed E-state index contributed by atoms with van der Waals surface area (Å²) in [5.41, 5.74) is 5.00. The number of nitrogens with two attached hydrogens (primary N) is 1. The fraction of sp³-hybridized carbons (Fsp3) is 0.417. The highest BCUT2D eigenvalue weighted by molar-refractivity contribution is 9.10. The molecule has 6 heteroatoms. The number of halogens is 3. The van der Waals surface area contributed by atoms with Crippen LogP contribution >= 0.6 is 15.9 Å². The minimum Gasteiger partial charge on any atom is -0.370 e. The smallest absolute Gasteiger partial charge is 0.217 e. The number of unbranched alkanes of at least 4 members (excludes halogenated alkanes) is 1. The standard InChI is InChI=1S/C12H15BrF2N2O/c13-9-4-5-10(14)8(12(9)15)7-17-6-2-1-3-11(16)18/h4-5,17H,1-3,6-7H2,(H2,16,18). The second-order valence-electron chi connectivity index (χ2n) is 3.92. The van der Waals surface area contributed by atoms with E-state index in [9.17, 15) is 13.6 Å². The number of hydrogen-bond acceptors (Lipinski definition) is 2. The molecule has 0 bridgehead atoms. The Hall–Kier alpha value is -1.01. The fourth-order valence-corrected chi connectivity index (χ4v) is 1.87. The molecular formula is C12H15BrF2N2O. The zero-order valence-electron chi connectivity index (χ0n) is 9.81. The molecule has 0 heterocycles. The van der Waals surface area contributed by atoms with E-state index in [0.29, 0.717) is 19.4 Å². The minimum absolute atomic E-state index is 0.0132. The van der Waals surface area contributed by atoms with Gasteiger partial charge in [0.15, 0.2) is 0 Å². The Morgan fingerprint density at radius 3 is 2.72 bits per heavy atom. The molecule has 100 valence electrons. The number of benzene rings is 1. The first-order valence-electron chi connectivity index (χ1n) is 5.63. The lowest BCUT2D eigenvalue weighted by molar-refractivity contribution is -0.118. The summed E-state index contributed by atoms with van der Waals surface area (Å²) < 4.78 is 27.2. The van der Waals surface area contributed by atoms with Crippen molar-refractivity contribution in [2.75, 3.05) is 6.54 Å². The molecule has 0 aromatic heterocycles. The number of amides is 1. The van der Waals surface area contributed by atoms with Crippen LogP contribution < -0.4 is 11.1 Å². The van der Waals surface area contributed by atoms with Gasteiger partial charge in [0.05, 0.1) is 4.47 Å². The van der Waals surface area contributed by atoms with Crippen molar-refractivity contribution in [3.63, 3.8) is 0 Å². The summed E-state index contributed by atoms with van der Waals surface area (Å²) in [5, 5.41) is 2.93. The predicted octanol–water partition coefficient (Wildman–Crippen LogP) is 2.47. The molecule has 3 nitrogen and oxygen atoms in total. The van der Waals surface area contributed by atoms with Crippen LogP contribution in [0.4, 0.5) is 8.78 Å². The van der Waals surface area contributed by atoms with Crippen LogP contribution in [-0.2, 0) is 11.3 Å². The first-order valence-corrected chi connectivity index (χ1v) is 6.43. The molecule has 0 aliphatic heterocycles. The van der Waals surface area contributed by atoms with E-state index in [2.05, 4.69) is 21.2 Å². The molecule has 0 fully saturated rings. The molecule has 0 unspecified atom stereocenters. The van der Waals surface area contributed by atoms with Gasteiger partial charge in [0.25, 0.3) is 0 Å². The first-order chi connectivity index (χ1) is 8.52. The molecule has 0 spiro atoms. The number of rotatable bonds is 7. The van der Waals surface area contributed by atoms with Gasteiger partial charge in [-0.15, -0.1) is 0 Å². The summed E-state index contributed by atoms with van der Waals surface area (Å²) in [6.45, 7) is 0.701. The Morgan fingerprint density at radius 1 is 1.33 bits per heavy atom. The molecule has 0 atom stereocenters. The largest absolute Gasteiger partial charge is 0.370 e. The second-order valence-corrected chi connectivity index (χ2v) is 4.78. The maximum absolute atomic E-state index is 13.6. The maximum Gasteiger partial charge on any atom is 0.217 e. The number of primary amides is 1. The molecule has 0 aliphatic rings. The van der Waals surface area contributed by atoms with E-state index in [4.69, 9.17) is 5.73 Å². The lowest BCUT2D eigenvalue weighted by Crippen LogP contribution is -2.18. The van der Waals surface area contributed by atoms with Crippen LogP contribution in [0.1, 0.15) is 24.8 Å². The molecule has 0 saturated heterocycles. The van der Waals surface area contributed by atoms with Crippen molar-refractivity contribution in [3.05, 3.63) is 33.8 Å². The highest BCUT2D eigenvalue weighted by Crippen LogP contribution is 2.21. The van der Waals surface area contributed by atoms with Gasteiger partial charge in [-0.3, -0.25) is 4.79 Å². The number of carbonyl (C=O) groups excluding carboxylic acids is 1. The number of hydrogen-bond donors (Lipinski definition) is 2. The van der Waals surface area contributed by atoms with Crippen molar-refractivity contribution in [1.29, 1.82) is 0 Å². The molecule has 3 N–H and O–H groups in total. The van der Waals surface area contributed by atoms with Crippen LogP contribution in [0.2, 0.25) is 0 Å². The van der Waals surface area contributed by atoms with Crippen molar-refractivity contribution < 1.29 is 13.6 Å². The van der Waals surface area contributed by atoms with Crippen LogP contribution in [-0.4, -0.2) is 12.5 Å². The Bertz CT molecular complexity index is 427. The van der Waals surface area contributed by atoms with Gasteiger partial charge in [-0.25, -0.2) is 8.78 Å². The van der Waals surface area contributed by atoms with E-state index >= 15 is 0 Å². The Balaban J connectivity index is 2.36. The van der Waals surface area contributed by atoms with Crippen molar-refractivity contribution in [1.82, 2.24) is 5.32 Å². The second kappa shape index (κ2) is 7.43. The average molecular weight is 321 g/mol. The topological polar surface area (TPSA) is 55.1 Å². The van der Waals surface area contributed by atoms with E-state index < -0.39 is 11.6 Å². The van der Waals surface area contributed by atoms with E-state index in [1.54, 1.807) is 0 Å². The monoisotopic (exact) mass is 320 g/mol. The molecule has 1 aromatic carbocycles. The molecule has 18 heavy (non-hydrogen) atoms. The molecule has 0 radical (unpaired) electrons. The van der Waals surface area contributed by atoms with Crippen molar-refractivity contribution in [3.8, 4) is 0 Å². The highest BCUT2D eigenvalue weighted by Gasteiger charge is 2.11. The lowest BCUT2D eigenvalue weighted by Gasteiger charge is -2.08. The lowest BCUT2D eigenvalue weighted by atomic mass is 10.2. The Morgan fingerprint density at radius 2 is 2.06 bits per heavy atom. The third kappa shape index (κ3) is 4.70. The van der Waals surface area contributed by atoms with Crippen LogP contribution in [0, 0.1) is 11.6 Å². The fourth-order valence-electron chi connectivity index (χ4n) is 1.49. The molecule has 0 aliphatic carbocycles. The molecule has 1 rings (SSSR count). The van der Waals surface area contributed by atoms with Gasteiger partial charge in [0, 0.05) is 18.5 Å². The van der Waals surface area contributed by atoms with Gasteiger partial charge >= 0.3 is 0 Å². The zero-order chi connectivity index (χ0) is 13.5. The Labute approximate surface area is 113 Å². The van der Waals surface area contributed by atoms with Gasteiger partial charge in [-0.05, 0) is 47.4 Å². The minimum atomic E-state index is -0.584. The van der Waals surface area contributed by atoms with Crippen molar-refractivity contribution >= 4 is 21.8 Å².